The maximum Gasteiger partial charge on any atom is 0.257 e. The zero-order valence-electron chi connectivity index (χ0n) is 11.0. The van der Waals surface area contributed by atoms with E-state index in [0.717, 1.165) is 6.33 Å². The maximum absolute atomic E-state index is 11.5. The molecule has 2 aromatic rings. The number of hydrogen-bond donors (Lipinski definition) is 4. The molecule has 3 heterocycles. The van der Waals surface area contributed by atoms with Crippen LogP contribution in [0.3, 0.4) is 0 Å². The Balaban J connectivity index is 2.11. The first-order chi connectivity index (χ1) is 10.3. The molecule has 1 saturated heterocycles. The highest BCUT2D eigenvalue weighted by atomic mass is 32.2. The number of fused-ring (bicyclic) bond motifs is 1. The smallest absolute Gasteiger partial charge is 0.257 e. The average molecular weight is 331 g/mol. The summed E-state index contributed by atoms with van der Waals surface area (Å²) >= 11 is 0. The summed E-state index contributed by atoms with van der Waals surface area (Å²) in [6.07, 6.45) is -2.53. The van der Waals surface area contributed by atoms with Crippen LogP contribution in [0.1, 0.15) is 6.23 Å². The Kier molecular flexibility index (Phi) is 3.58. The Morgan fingerprint density at radius 3 is 2.59 bits per heavy atom. The fourth-order valence-corrected chi connectivity index (χ4v) is 2.94. The van der Waals surface area contributed by atoms with E-state index in [1.54, 1.807) is 0 Å². The van der Waals surface area contributed by atoms with E-state index in [1.807, 2.05) is 0 Å². The van der Waals surface area contributed by atoms with Crippen molar-refractivity contribution in [3.05, 3.63) is 12.7 Å². The number of primary sulfonamides is 1. The Morgan fingerprint density at radius 2 is 2.00 bits per heavy atom. The number of nitrogens with two attached hydrogens (primary N) is 1. The Labute approximate surface area is 124 Å². The van der Waals surface area contributed by atoms with Gasteiger partial charge in [0.1, 0.15) is 30.2 Å². The monoisotopic (exact) mass is 331 g/mol. The first-order valence-corrected chi connectivity index (χ1v) is 7.72. The number of aliphatic hydroxyl groups excluding tert-OH is 3. The summed E-state index contributed by atoms with van der Waals surface area (Å²) in [7, 11) is -4.10. The first-order valence-electron chi connectivity index (χ1n) is 6.17. The van der Waals surface area contributed by atoms with Crippen LogP contribution in [0.25, 0.3) is 11.2 Å². The fourth-order valence-electron chi connectivity index (χ4n) is 2.33. The number of nitrogens with zero attached hydrogens (tertiary/aromatic N) is 4. The molecule has 1 aliphatic heterocycles. The van der Waals surface area contributed by atoms with Crippen LogP contribution in [0, 0.1) is 0 Å². The number of hydrogen-bond acceptors (Lipinski definition) is 9. The molecule has 4 atom stereocenters. The van der Waals surface area contributed by atoms with E-state index in [1.165, 1.54) is 10.9 Å². The third kappa shape index (κ3) is 2.25. The molecular weight excluding hydrogens is 318 g/mol. The van der Waals surface area contributed by atoms with Crippen LogP contribution in [0.5, 0.6) is 0 Å². The molecule has 0 bridgehead atoms. The number of rotatable bonds is 3. The Morgan fingerprint density at radius 1 is 1.27 bits per heavy atom. The van der Waals surface area contributed by atoms with Gasteiger partial charge in [-0.25, -0.2) is 28.5 Å². The zero-order chi connectivity index (χ0) is 16.1. The summed E-state index contributed by atoms with van der Waals surface area (Å²) in [5.41, 5.74) is -0.0170. The van der Waals surface area contributed by atoms with Gasteiger partial charge in [0.2, 0.25) is 5.03 Å². The van der Waals surface area contributed by atoms with E-state index in [4.69, 9.17) is 15.0 Å². The largest absolute Gasteiger partial charge is 0.394 e. The molecule has 0 aromatic carbocycles. The summed E-state index contributed by atoms with van der Waals surface area (Å²) in [5.74, 6) is 0. The van der Waals surface area contributed by atoms with Crippen molar-refractivity contribution in [3.63, 3.8) is 0 Å². The van der Waals surface area contributed by atoms with E-state index in [0.29, 0.717) is 0 Å². The van der Waals surface area contributed by atoms with Gasteiger partial charge in [0.25, 0.3) is 10.0 Å². The standard InChI is InChI=1S/C10H13N5O6S/c11-22(19,20)9-5-8(12-2-13-9)15(3-14-5)10-7(18)6(17)4(1-16)21-10/h2-4,6-7,10,16-18H,1H2,(H2,11,19,20)/t4-,6-,7-,10-/m1/s1. The van der Waals surface area contributed by atoms with Crippen LogP contribution >= 0.6 is 0 Å². The molecule has 12 heteroatoms. The lowest BCUT2D eigenvalue weighted by Gasteiger charge is -2.16. The number of ether oxygens (including phenoxy) is 1. The molecule has 0 radical (unpaired) electrons. The predicted molar refractivity (Wildman–Crippen MR) is 69.7 cm³/mol. The lowest BCUT2D eigenvalue weighted by atomic mass is 10.1. The maximum atomic E-state index is 11.5. The number of aliphatic hydroxyl groups is 3. The van der Waals surface area contributed by atoms with E-state index >= 15 is 0 Å². The molecule has 3 rings (SSSR count). The summed E-state index contributed by atoms with van der Waals surface area (Å²) in [5, 5.41) is 33.5. The molecule has 0 saturated carbocycles. The van der Waals surface area contributed by atoms with Gasteiger partial charge in [0.15, 0.2) is 11.9 Å². The molecule has 22 heavy (non-hydrogen) atoms. The van der Waals surface area contributed by atoms with Crippen molar-refractivity contribution in [2.45, 2.75) is 29.6 Å². The van der Waals surface area contributed by atoms with Gasteiger partial charge in [-0.1, -0.05) is 0 Å². The number of imidazole rings is 1. The molecule has 0 amide bonds. The summed E-state index contributed by atoms with van der Waals surface area (Å²) < 4.78 is 29.5. The van der Waals surface area contributed by atoms with Crippen LogP contribution in [-0.4, -0.2) is 68.2 Å². The van der Waals surface area contributed by atoms with E-state index in [2.05, 4.69) is 15.0 Å². The lowest BCUT2D eigenvalue weighted by molar-refractivity contribution is -0.0511. The topological polar surface area (TPSA) is 174 Å². The predicted octanol–water partition coefficient (Wildman–Crippen LogP) is -2.91. The minimum Gasteiger partial charge on any atom is -0.394 e. The van der Waals surface area contributed by atoms with E-state index < -0.39 is 46.2 Å². The molecule has 0 spiro atoms. The zero-order valence-corrected chi connectivity index (χ0v) is 11.8. The average Bonchev–Trinajstić information content (AvgIpc) is 3.00. The molecule has 120 valence electrons. The van der Waals surface area contributed by atoms with Gasteiger partial charge in [-0.3, -0.25) is 4.57 Å². The van der Waals surface area contributed by atoms with E-state index in [-0.39, 0.29) is 11.2 Å². The SMILES string of the molecule is NS(=O)(=O)c1ncnc2c1ncn2[C@@H]1O[C@H](CO)[C@@H](O)[C@H]1O. The van der Waals surface area contributed by atoms with Crippen LogP contribution in [-0.2, 0) is 14.8 Å². The van der Waals surface area contributed by atoms with Gasteiger partial charge in [-0.05, 0) is 0 Å². The van der Waals surface area contributed by atoms with Crippen molar-refractivity contribution >= 4 is 21.2 Å². The normalized spacial score (nSPS) is 29.3. The molecule has 0 unspecified atom stereocenters. The van der Waals surface area contributed by atoms with Crippen molar-refractivity contribution < 1.29 is 28.5 Å². The lowest BCUT2D eigenvalue weighted by Crippen LogP contribution is -2.33. The van der Waals surface area contributed by atoms with Gasteiger partial charge in [-0.2, -0.15) is 0 Å². The minimum absolute atomic E-state index is 0.0638. The number of aromatic nitrogens is 4. The van der Waals surface area contributed by atoms with Crippen LogP contribution in [0.4, 0.5) is 0 Å². The second-order valence-corrected chi connectivity index (χ2v) is 6.25. The Bertz CT molecular complexity index is 807. The van der Waals surface area contributed by atoms with Crippen molar-refractivity contribution in [2.75, 3.05) is 6.61 Å². The van der Waals surface area contributed by atoms with Gasteiger partial charge in [-0.15, -0.1) is 0 Å². The highest BCUT2D eigenvalue weighted by molar-refractivity contribution is 7.89. The molecule has 5 N–H and O–H groups in total. The van der Waals surface area contributed by atoms with Crippen molar-refractivity contribution in [2.24, 2.45) is 5.14 Å². The van der Waals surface area contributed by atoms with Crippen LogP contribution in [0.2, 0.25) is 0 Å². The summed E-state index contributed by atoms with van der Waals surface area (Å²) in [4.78, 5) is 11.4. The number of sulfonamides is 1. The van der Waals surface area contributed by atoms with Crippen LogP contribution in [0.15, 0.2) is 17.7 Å². The third-order valence-electron chi connectivity index (χ3n) is 3.39. The highest BCUT2D eigenvalue weighted by Crippen LogP contribution is 2.31. The van der Waals surface area contributed by atoms with Crippen molar-refractivity contribution in [1.29, 1.82) is 0 Å². The van der Waals surface area contributed by atoms with Gasteiger partial charge in [0, 0.05) is 0 Å². The Hall–Kier alpha value is -1.70. The molecule has 2 aromatic heterocycles. The van der Waals surface area contributed by atoms with Crippen LogP contribution < -0.4 is 5.14 Å². The third-order valence-corrected chi connectivity index (χ3v) is 4.22. The summed E-state index contributed by atoms with van der Waals surface area (Å²) in [6.45, 7) is -0.487. The second kappa shape index (κ2) is 5.19. The van der Waals surface area contributed by atoms with E-state index in [9.17, 15) is 18.6 Å². The molecule has 0 aliphatic carbocycles. The second-order valence-electron chi connectivity index (χ2n) is 4.78. The highest BCUT2D eigenvalue weighted by Gasteiger charge is 2.44. The molecule has 1 fully saturated rings. The van der Waals surface area contributed by atoms with Gasteiger partial charge >= 0.3 is 0 Å². The molecule has 11 nitrogen and oxygen atoms in total. The fraction of sp³-hybridized carbons (Fsp3) is 0.500. The van der Waals surface area contributed by atoms with Crippen molar-refractivity contribution in [3.8, 4) is 0 Å². The first kappa shape index (κ1) is 15.2. The quantitative estimate of drug-likeness (QED) is 0.430. The molecular formula is C10H13N5O6S. The van der Waals surface area contributed by atoms with Crippen molar-refractivity contribution in [1.82, 2.24) is 19.5 Å². The summed E-state index contributed by atoms with van der Waals surface area (Å²) in [6, 6.07) is 0. The minimum atomic E-state index is -4.10. The van der Waals surface area contributed by atoms with Gasteiger partial charge in [0.05, 0.1) is 12.9 Å². The van der Waals surface area contributed by atoms with Gasteiger partial charge < -0.3 is 20.1 Å². The molecule has 1 aliphatic rings.